The SMILES string of the molecule is CCOC(=O)C(Cc1ccc(F)cc1)NC=O. The van der Waals surface area contributed by atoms with Crippen molar-refractivity contribution in [2.75, 3.05) is 6.61 Å². The molecule has 0 saturated carbocycles. The van der Waals surface area contributed by atoms with Crippen molar-refractivity contribution in [3.05, 3.63) is 35.6 Å². The van der Waals surface area contributed by atoms with Crippen molar-refractivity contribution in [3.8, 4) is 0 Å². The molecule has 0 aromatic heterocycles. The lowest BCUT2D eigenvalue weighted by molar-refractivity contribution is -0.146. The van der Waals surface area contributed by atoms with E-state index >= 15 is 0 Å². The minimum atomic E-state index is -0.738. The summed E-state index contributed by atoms with van der Waals surface area (Å²) in [6, 6.07) is 5.00. The van der Waals surface area contributed by atoms with Crippen LogP contribution in [0.2, 0.25) is 0 Å². The van der Waals surface area contributed by atoms with Crippen molar-refractivity contribution >= 4 is 12.4 Å². The van der Waals surface area contributed by atoms with E-state index in [1.54, 1.807) is 19.1 Å². The number of hydrogen-bond acceptors (Lipinski definition) is 3. The van der Waals surface area contributed by atoms with Gasteiger partial charge in [-0.15, -0.1) is 0 Å². The summed E-state index contributed by atoms with van der Waals surface area (Å²) < 4.78 is 17.5. The van der Waals surface area contributed by atoms with Gasteiger partial charge in [-0.3, -0.25) is 4.79 Å². The number of rotatable bonds is 6. The van der Waals surface area contributed by atoms with Crippen LogP contribution in [-0.4, -0.2) is 25.0 Å². The summed E-state index contributed by atoms with van der Waals surface area (Å²) >= 11 is 0. The first-order valence-corrected chi connectivity index (χ1v) is 5.28. The number of nitrogens with one attached hydrogen (secondary N) is 1. The second-order valence-corrected chi connectivity index (χ2v) is 3.42. The first-order chi connectivity index (χ1) is 8.17. The fraction of sp³-hybridized carbons (Fsp3) is 0.333. The molecule has 0 heterocycles. The van der Waals surface area contributed by atoms with Crippen LogP contribution in [0.25, 0.3) is 0 Å². The van der Waals surface area contributed by atoms with E-state index in [0.29, 0.717) is 6.41 Å². The molecule has 1 amide bonds. The van der Waals surface area contributed by atoms with Crippen molar-refractivity contribution in [2.24, 2.45) is 0 Å². The van der Waals surface area contributed by atoms with Crippen LogP contribution < -0.4 is 5.32 Å². The average molecular weight is 239 g/mol. The first kappa shape index (κ1) is 13.2. The molecule has 0 saturated heterocycles. The van der Waals surface area contributed by atoms with Gasteiger partial charge < -0.3 is 10.1 Å². The third kappa shape index (κ3) is 4.22. The fourth-order valence-electron chi connectivity index (χ4n) is 1.39. The largest absolute Gasteiger partial charge is 0.464 e. The number of carbonyl (C=O) groups excluding carboxylic acids is 2. The van der Waals surface area contributed by atoms with Gasteiger partial charge in [0.1, 0.15) is 11.9 Å². The lowest BCUT2D eigenvalue weighted by atomic mass is 10.1. The molecule has 4 nitrogen and oxygen atoms in total. The molecule has 0 aliphatic rings. The molecule has 0 aliphatic heterocycles. The average Bonchev–Trinajstić information content (AvgIpc) is 2.31. The van der Waals surface area contributed by atoms with Crippen LogP contribution in [-0.2, 0) is 20.7 Å². The van der Waals surface area contributed by atoms with Gasteiger partial charge in [-0.05, 0) is 24.6 Å². The third-order valence-corrected chi connectivity index (χ3v) is 2.19. The number of ether oxygens (including phenoxy) is 1. The van der Waals surface area contributed by atoms with Crippen molar-refractivity contribution in [1.82, 2.24) is 5.32 Å². The maximum atomic E-state index is 12.7. The molecule has 1 unspecified atom stereocenters. The minimum absolute atomic E-state index is 0.249. The van der Waals surface area contributed by atoms with E-state index in [-0.39, 0.29) is 18.8 Å². The molecule has 0 bridgehead atoms. The highest BCUT2D eigenvalue weighted by Gasteiger charge is 2.19. The highest BCUT2D eigenvalue weighted by Crippen LogP contribution is 2.06. The van der Waals surface area contributed by atoms with E-state index < -0.39 is 12.0 Å². The number of halogens is 1. The van der Waals surface area contributed by atoms with E-state index in [2.05, 4.69) is 5.32 Å². The van der Waals surface area contributed by atoms with Crippen LogP contribution in [0.3, 0.4) is 0 Å². The smallest absolute Gasteiger partial charge is 0.328 e. The zero-order valence-corrected chi connectivity index (χ0v) is 9.48. The van der Waals surface area contributed by atoms with Crippen LogP contribution in [0.1, 0.15) is 12.5 Å². The predicted octanol–water partition coefficient (Wildman–Crippen LogP) is 1.05. The molecular formula is C12H14FNO3. The molecule has 92 valence electrons. The zero-order valence-electron chi connectivity index (χ0n) is 9.48. The van der Waals surface area contributed by atoms with Gasteiger partial charge >= 0.3 is 5.97 Å². The fourth-order valence-corrected chi connectivity index (χ4v) is 1.39. The van der Waals surface area contributed by atoms with Crippen molar-refractivity contribution < 1.29 is 18.7 Å². The predicted molar refractivity (Wildman–Crippen MR) is 59.7 cm³/mol. The summed E-state index contributed by atoms with van der Waals surface area (Å²) in [6.45, 7) is 1.94. The van der Waals surface area contributed by atoms with E-state index in [9.17, 15) is 14.0 Å². The van der Waals surface area contributed by atoms with Crippen LogP contribution >= 0.6 is 0 Å². The van der Waals surface area contributed by atoms with Gasteiger partial charge in [0.2, 0.25) is 6.41 Å². The Balaban J connectivity index is 2.68. The van der Waals surface area contributed by atoms with Gasteiger partial charge in [-0.2, -0.15) is 0 Å². The second kappa shape index (κ2) is 6.62. The molecular weight excluding hydrogens is 225 g/mol. The van der Waals surface area contributed by atoms with Crippen LogP contribution in [0.4, 0.5) is 4.39 Å². The van der Waals surface area contributed by atoms with Crippen LogP contribution in [0.5, 0.6) is 0 Å². The normalized spacial score (nSPS) is 11.6. The third-order valence-electron chi connectivity index (χ3n) is 2.19. The Labute approximate surface area is 98.8 Å². The van der Waals surface area contributed by atoms with E-state index in [1.807, 2.05) is 0 Å². The Morgan fingerprint density at radius 3 is 2.65 bits per heavy atom. The van der Waals surface area contributed by atoms with Gasteiger partial charge in [0.05, 0.1) is 6.61 Å². The maximum absolute atomic E-state index is 12.7. The highest BCUT2D eigenvalue weighted by atomic mass is 19.1. The summed E-state index contributed by atoms with van der Waals surface area (Å²) in [5, 5.41) is 2.38. The quantitative estimate of drug-likeness (QED) is 0.596. The molecule has 17 heavy (non-hydrogen) atoms. The van der Waals surface area contributed by atoms with Gasteiger partial charge in [-0.1, -0.05) is 12.1 Å². The minimum Gasteiger partial charge on any atom is -0.464 e. The number of esters is 1. The molecule has 1 rings (SSSR count). The van der Waals surface area contributed by atoms with Gasteiger partial charge in [0.25, 0.3) is 0 Å². The van der Waals surface area contributed by atoms with Crippen LogP contribution in [0, 0.1) is 5.82 Å². The second-order valence-electron chi connectivity index (χ2n) is 3.42. The van der Waals surface area contributed by atoms with Crippen molar-refractivity contribution in [2.45, 2.75) is 19.4 Å². The first-order valence-electron chi connectivity index (χ1n) is 5.28. The molecule has 0 fully saturated rings. The summed E-state index contributed by atoms with van der Waals surface area (Å²) in [6.07, 6.45) is 0.725. The summed E-state index contributed by atoms with van der Waals surface area (Å²) in [5.74, 6) is -0.839. The molecule has 0 aliphatic carbocycles. The van der Waals surface area contributed by atoms with Gasteiger partial charge in [0, 0.05) is 6.42 Å². The van der Waals surface area contributed by atoms with Crippen molar-refractivity contribution in [1.29, 1.82) is 0 Å². The monoisotopic (exact) mass is 239 g/mol. The van der Waals surface area contributed by atoms with E-state index in [0.717, 1.165) is 5.56 Å². The molecule has 1 N–H and O–H groups in total. The maximum Gasteiger partial charge on any atom is 0.328 e. The topological polar surface area (TPSA) is 55.4 Å². The Hall–Kier alpha value is -1.91. The Kier molecular flexibility index (Phi) is 5.13. The van der Waals surface area contributed by atoms with Gasteiger partial charge in [0.15, 0.2) is 0 Å². The Morgan fingerprint density at radius 1 is 1.47 bits per heavy atom. The van der Waals surface area contributed by atoms with Gasteiger partial charge in [-0.25, -0.2) is 9.18 Å². The number of carbonyl (C=O) groups is 2. The molecule has 0 radical (unpaired) electrons. The summed E-state index contributed by atoms with van der Waals surface area (Å²) in [4.78, 5) is 21.9. The summed E-state index contributed by atoms with van der Waals surface area (Å²) in [5.41, 5.74) is 0.749. The molecule has 1 aromatic carbocycles. The standard InChI is InChI=1S/C12H14FNO3/c1-2-17-12(16)11(14-8-15)7-9-3-5-10(13)6-4-9/h3-6,8,11H,2,7H2,1H3,(H,14,15). The Bertz CT molecular complexity index is 378. The number of hydrogen-bond donors (Lipinski definition) is 1. The summed E-state index contributed by atoms with van der Waals surface area (Å²) in [7, 11) is 0. The van der Waals surface area contributed by atoms with E-state index in [4.69, 9.17) is 4.74 Å². The molecule has 1 atom stereocenters. The number of amides is 1. The van der Waals surface area contributed by atoms with E-state index in [1.165, 1.54) is 12.1 Å². The molecule has 0 spiro atoms. The van der Waals surface area contributed by atoms with Crippen molar-refractivity contribution in [3.63, 3.8) is 0 Å². The lowest BCUT2D eigenvalue weighted by Crippen LogP contribution is -2.39. The zero-order chi connectivity index (χ0) is 12.7. The highest BCUT2D eigenvalue weighted by molar-refractivity contribution is 5.78. The number of benzene rings is 1. The molecule has 1 aromatic rings. The Morgan fingerprint density at radius 2 is 2.12 bits per heavy atom. The lowest BCUT2D eigenvalue weighted by Gasteiger charge is -2.14. The molecule has 5 heteroatoms. The van der Waals surface area contributed by atoms with Crippen LogP contribution in [0.15, 0.2) is 24.3 Å².